The van der Waals surface area contributed by atoms with Gasteiger partial charge in [0.05, 0.1) is 5.69 Å². The SMILES string of the molecule is O=C(NCCc1cc(-c2ccc(Cl)cc2)on1)c1ccc2c(c1)OCO2. The highest BCUT2D eigenvalue weighted by molar-refractivity contribution is 6.30. The van der Waals surface area contributed by atoms with E-state index in [-0.39, 0.29) is 12.7 Å². The van der Waals surface area contributed by atoms with E-state index in [9.17, 15) is 4.79 Å². The van der Waals surface area contributed by atoms with Crippen molar-refractivity contribution in [3.8, 4) is 22.8 Å². The van der Waals surface area contributed by atoms with Crippen molar-refractivity contribution in [2.75, 3.05) is 13.3 Å². The van der Waals surface area contributed by atoms with Crippen LogP contribution in [0.5, 0.6) is 11.5 Å². The van der Waals surface area contributed by atoms with Crippen LogP contribution in [0.25, 0.3) is 11.3 Å². The Balaban J connectivity index is 1.33. The van der Waals surface area contributed by atoms with E-state index in [1.165, 1.54) is 0 Å². The predicted molar refractivity (Wildman–Crippen MR) is 95.6 cm³/mol. The van der Waals surface area contributed by atoms with Crippen LogP contribution in [0.4, 0.5) is 0 Å². The molecule has 2 aromatic carbocycles. The first-order valence-corrected chi connectivity index (χ1v) is 8.46. The van der Waals surface area contributed by atoms with Crippen molar-refractivity contribution in [1.82, 2.24) is 10.5 Å². The molecule has 1 N–H and O–H groups in total. The molecule has 0 unspecified atom stereocenters. The standard InChI is InChI=1S/C19H15ClN2O4/c20-14-4-1-12(2-5-14)17-10-15(22-26-17)7-8-21-19(23)13-3-6-16-18(9-13)25-11-24-16/h1-6,9-10H,7-8,11H2,(H,21,23). The molecule has 3 aromatic rings. The van der Waals surface area contributed by atoms with Gasteiger partial charge in [0.2, 0.25) is 6.79 Å². The molecular weight excluding hydrogens is 356 g/mol. The molecule has 4 rings (SSSR count). The third kappa shape index (κ3) is 3.50. The molecule has 0 aliphatic carbocycles. The zero-order valence-electron chi connectivity index (χ0n) is 13.7. The summed E-state index contributed by atoms with van der Waals surface area (Å²) >= 11 is 5.88. The average Bonchev–Trinajstić information content (AvgIpc) is 3.31. The number of carbonyl (C=O) groups excluding carboxylic acids is 1. The first-order valence-electron chi connectivity index (χ1n) is 8.08. The second-order valence-electron chi connectivity index (χ2n) is 5.76. The zero-order chi connectivity index (χ0) is 17.9. The molecule has 6 nitrogen and oxygen atoms in total. The maximum Gasteiger partial charge on any atom is 0.251 e. The Morgan fingerprint density at radius 2 is 1.88 bits per heavy atom. The van der Waals surface area contributed by atoms with Crippen molar-refractivity contribution in [1.29, 1.82) is 0 Å². The van der Waals surface area contributed by atoms with Crippen LogP contribution < -0.4 is 14.8 Å². The van der Waals surface area contributed by atoms with E-state index >= 15 is 0 Å². The summed E-state index contributed by atoms with van der Waals surface area (Å²) in [5.74, 6) is 1.73. The maximum atomic E-state index is 12.2. The van der Waals surface area contributed by atoms with Crippen LogP contribution in [-0.2, 0) is 6.42 Å². The number of aromatic nitrogens is 1. The number of nitrogens with zero attached hydrogens (tertiary/aromatic N) is 1. The first-order chi connectivity index (χ1) is 12.7. The van der Waals surface area contributed by atoms with E-state index in [1.807, 2.05) is 18.2 Å². The molecule has 1 aromatic heterocycles. The van der Waals surface area contributed by atoms with E-state index < -0.39 is 0 Å². The van der Waals surface area contributed by atoms with Gasteiger partial charge in [-0.05, 0) is 42.5 Å². The van der Waals surface area contributed by atoms with E-state index in [2.05, 4.69) is 10.5 Å². The normalized spacial score (nSPS) is 12.2. The minimum Gasteiger partial charge on any atom is -0.454 e. The molecule has 0 saturated heterocycles. The highest BCUT2D eigenvalue weighted by atomic mass is 35.5. The van der Waals surface area contributed by atoms with Crippen LogP contribution >= 0.6 is 11.6 Å². The molecular formula is C19H15ClN2O4. The van der Waals surface area contributed by atoms with Gasteiger partial charge in [-0.1, -0.05) is 16.8 Å². The largest absolute Gasteiger partial charge is 0.454 e. The Morgan fingerprint density at radius 3 is 2.73 bits per heavy atom. The number of hydrogen-bond donors (Lipinski definition) is 1. The second kappa shape index (κ2) is 7.09. The summed E-state index contributed by atoms with van der Waals surface area (Å²) in [4.78, 5) is 12.2. The Morgan fingerprint density at radius 1 is 1.08 bits per heavy atom. The summed E-state index contributed by atoms with van der Waals surface area (Å²) in [5, 5.41) is 7.56. The Hall–Kier alpha value is -2.99. The molecule has 0 atom stereocenters. The maximum absolute atomic E-state index is 12.2. The average molecular weight is 371 g/mol. The van der Waals surface area contributed by atoms with Gasteiger partial charge in [-0.2, -0.15) is 0 Å². The number of fused-ring (bicyclic) bond motifs is 1. The Kier molecular flexibility index (Phi) is 4.50. The molecule has 1 aliphatic heterocycles. The van der Waals surface area contributed by atoms with E-state index in [1.54, 1.807) is 30.3 Å². The van der Waals surface area contributed by atoms with Crippen molar-refractivity contribution in [2.45, 2.75) is 6.42 Å². The summed E-state index contributed by atoms with van der Waals surface area (Å²) in [6, 6.07) is 14.3. The molecule has 1 amide bonds. The number of halogens is 1. The summed E-state index contributed by atoms with van der Waals surface area (Å²) in [6.45, 7) is 0.627. The van der Waals surface area contributed by atoms with Gasteiger partial charge < -0.3 is 19.3 Å². The fraction of sp³-hybridized carbons (Fsp3) is 0.158. The lowest BCUT2D eigenvalue weighted by atomic mass is 10.1. The summed E-state index contributed by atoms with van der Waals surface area (Å²) in [6.07, 6.45) is 0.563. The third-order valence-electron chi connectivity index (χ3n) is 3.99. The van der Waals surface area contributed by atoms with Crippen LogP contribution in [0.1, 0.15) is 16.1 Å². The number of ether oxygens (including phenoxy) is 2. The molecule has 132 valence electrons. The lowest BCUT2D eigenvalue weighted by molar-refractivity contribution is 0.0953. The van der Waals surface area contributed by atoms with Gasteiger partial charge in [0.1, 0.15) is 0 Å². The van der Waals surface area contributed by atoms with E-state index in [0.717, 1.165) is 11.3 Å². The van der Waals surface area contributed by atoms with Gasteiger partial charge in [0.25, 0.3) is 5.91 Å². The fourth-order valence-corrected chi connectivity index (χ4v) is 2.75. The molecule has 1 aliphatic rings. The molecule has 0 bridgehead atoms. The van der Waals surface area contributed by atoms with Crippen molar-refractivity contribution in [3.63, 3.8) is 0 Å². The quantitative estimate of drug-likeness (QED) is 0.741. The van der Waals surface area contributed by atoms with Crippen LogP contribution in [-0.4, -0.2) is 24.4 Å². The van der Waals surface area contributed by atoms with Gasteiger partial charge in [-0.3, -0.25) is 4.79 Å². The molecule has 0 saturated carbocycles. The Bertz CT molecular complexity index is 937. The number of carbonyl (C=O) groups is 1. The predicted octanol–water partition coefficient (Wildman–Crippen LogP) is 3.70. The smallest absolute Gasteiger partial charge is 0.251 e. The highest BCUT2D eigenvalue weighted by Gasteiger charge is 2.16. The number of benzene rings is 2. The number of nitrogens with one attached hydrogen (secondary N) is 1. The molecule has 2 heterocycles. The summed E-state index contributed by atoms with van der Waals surface area (Å²) in [7, 11) is 0. The van der Waals surface area contributed by atoms with E-state index in [0.29, 0.717) is 40.8 Å². The molecule has 0 fully saturated rings. The van der Waals surface area contributed by atoms with Crippen molar-refractivity contribution in [3.05, 3.63) is 64.8 Å². The molecule has 7 heteroatoms. The summed E-state index contributed by atoms with van der Waals surface area (Å²) < 4.78 is 15.9. The second-order valence-corrected chi connectivity index (χ2v) is 6.20. The van der Waals surface area contributed by atoms with Crippen LogP contribution in [0.15, 0.2) is 53.1 Å². The van der Waals surface area contributed by atoms with Gasteiger partial charge in [0, 0.05) is 35.2 Å². The molecule has 0 spiro atoms. The fourth-order valence-electron chi connectivity index (χ4n) is 2.62. The van der Waals surface area contributed by atoms with Crippen LogP contribution in [0, 0.1) is 0 Å². The number of rotatable bonds is 5. The van der Waals surface area contributed by atoms with Crippen molar-refractivity contribution in [2.24, 2.45) is 0 Å². The van der Waals surface area contributed by atoms with Gasteiger partial charge in [0.15, 0.2) is 17.3 Å². The minimum atomic E-state index is -0.176. The Labute approximate surface area is 154 Å². The van der Waals surface area contributed by atoms with E-state index in [4.69, 9.17) is 25.6 Å². The molecule has 0 radical (unpaired) electrons. The number of hydrogen-bond acceptors (Lipinski definition) is 5. The lowest BCUT2D eigenvalue weighted by Crippen LogP contribution is -2.25. The van der Waals surface area contributed by atoms with Crippen LogP contribution in [0.3, 0.4) is 0 Å². The van der Waals surface area contributed by atoms with Gasteiger partial charge in [-0.15, -0.1) is 0 Å². The third-order valence-corrected chi connectivity index (χ3v) is 4.24. The highest BCUT2D eigenvalue weighted by Crippen LogP contribution is 2.32. The number of amides is 1. The molecule has 26 heavy (non-hydrogen) atoms. The van der Waals surface area contributed by atoms with Crippen LogP contribution in [0.2, 0.25) is 5.02 Å². The first kappa shape index (κ1) is 16.5. The topological polar surface area (TPSA) is 73.6 Å². The monoisotopic (exact) mass is 370 g/mol. The van der Waals surface area contributed by atoms with Crippen molar-refractivity contribution >= 4 is 17.5 Å². The zero-order valence-corrected chi connectivity index (χ0v) is 14.5. The minimum absolute atomic E-state index is 0.176. The lowest BCUT2D eigenvalue weighted by Gasteiger charge is -2.04. The van der Waals surface area contributed by atoms with Gasteiger partial charge in [-0.25, -0.2) is 0 Å². The van der Waals surface area contributed by atoms with Crippen molar-refractivity contribution < 1.29 is 18.8 Å². The van der Waals surface area contributed by atoms with Gasteiger partial charge >= 0.3 is 0 Å². The summed E-state index contributed by atoms with van der Waals surface area (Å²) in [5.41, 5.74) is 2.19.